The van der Waals surface area contributed by atoms with Gasteiger partial charge in [0.1, 0.15) is 0 Å². The Kier molecular flexibility index (Phi) is 3.76. The van der Waals surface area contributed by atoms with Crippen LogP contribution < -0.4 is 0 Å². The van der Waals surface area contributed by atoms with Crippen LogP contribution in [-0.2, 0) is 9.53 Å². The number of hydrogen-bond donors (Lipinski definition) is 0. The molecule has 2 heteroatoms. The molecule has 0 N–H and O–H groups in total. The molecule has 0 heterocycles. The van der Waals surface area contributed by atoms with Gasteiger partial charge in [0.05, 0.1) is 12.5 Å². The maximum atomic E-state index is 11.5. The zero-order chi connectivity index (χ0) is 9.84. The number of ether oxygens (including phenoxy) is 1. The summed E-state index contributed by atoms with van der Waals surface area (Å²) in [6.45, 7) is 6.78. The van der Waals surface area contributed by atoms with E-state index >= 15 is 0 Å². The molecule has 0 aromatic carbocycles. The molecule has 0 radical (unpaired) electrons. The van der Waals surface area contributed by atoms with E-state index in [1.54, 1.807) is 0 Å². The summed E-state index contributed by atoms with van der Waals surface area (Å²) in [6, 6.07) is 0. The summed E-state index contributed by atoms with van der Waals surface area (Å²) >= 11 is 0. The molecular formula is C11H20O2. The first-order valence-electron chi connectivity index (χ1n) is 5.33. The Labute approximate surface area is 80.7 Å². The Balaban J connectivity index is 2.52. The van der Waals surface area contributed by atoms with Gasteiger partial charge in [-0.25, -0.2) is 0 Å². The van der Waals surface area contributed by atoms with Gasteiger partial charge in [-0.15, -0.1) is 0 Å². The van der Waals surface area contributed by atoms with Crippen LogP contribution >= 0.6 is 0 Å². The van der Waals surface area contributed by atoms with E-state index in [1.165, 1.54) is 12.8 Å². The second-order valence-electron chi connectivity index (χ2n) is 4.20. The molecule has 0 aliphatic heterocycles. The molecule has 0 amide bonds. The van der Waals surface area contributed by atoms with Gasteiger partial charge < -0.3 is 4.74 Å². The van der Waals surface area contributed by atoms with E-state index in [2.05, 4.69) is 13.8 Å². The predicted octanol–water partition coefficient (Wildman–Crippen LogP) is 2.62. The van der Waals surface area contributed by atoms with Crippen molar-refractivity contribution < 1.29 is 9.53 Å². The number of carbonyl (C=O) groups is 1. The quantitative estimate of drug-likeness (QED) is 0.630. The van der Waals surface area contributed by atoms with Crippen LogP contribution in [0.1, 0.15) is 40.0 Å². The highest BCUT2D eigenvalue weighted by Crippen LogP contribution is 2.37. The van der Waals surface area contributed by atoms with Crippen LogP contribution in [0.25, 0.3) is 0 Å². The molecule has 1 saturated carbocycles. The van der Waals surface area contributed by atoms with E-state index in [0.717, 1.165) is 6.42 Å². The van der Waals surface area contributed by atoms with Gasteiger partial charge in [0.2, 0.25) is 0 Å². The largest absolute Gasteiger partial charge is 0.466 e. The average Bonchev–Trinajstić information content (AvgIpc) is 2.52. The maximum absolute atomic E-state index is 11.5. The van der Waals surface area contributed by atoms with Crippen LogP contribution in [0.2, 0.25) is 0 Å². The Morgan fingerprint density at radius 1 is 1.46 bits per heavy atom. The molecule has 0 aromatic rings. The third-order valence-electron chi connectivity index (χ3n) is 3.02. The molecule has 1 fully saturated rings. The Bertz CT molecular complexity index is 175. The lowest BCUT2D eigenvalue weighted by molar-refractivity contribution is -0.149. The molecule has 0 spiro atoms. The highest BCUT2D eigenvalue weighted by Gasteiger charge is 2.35. The maximum Gasteiger partial charge on any atom is 0.309 e. The summed E-state index contributed by atoms with van der Waals surface area (Å²) in [6.07, 6.45) is 3.41. The van der Waals surface area contributed by atoms with E-state index in [-0.39, 0.29) is 11.9 Å². The van der Waals surface area contributed by atoms with Crippen molar-refractivity contribution in [3.8, 4) is 0 Å². The molecule has 1 rings (SSSR count). The number of carbonyl (C=O) groups excluding carboxylic acids is 1. The zero-order valence-corrected chi connectivity index (χ0v) is 8.88. The van der Waals surface area contributed by atoms with E-state index in [1.807, 2.05) is 6.92 Å². The third-order valence-corrected chi connectivity index (χ3v) is 3.02. The first kappa shape index (κ1) is 10.6. The fourth-order valence-electron chi connectivity index (χ4n) is 2.33. The summed E-state index contributed by atoms with van der Waals surface area (Å²) in [5.41, 5.74) is 0. The van der Waals surface area contributed by atoms with Gasteiger partial charge in [-0.1, -0.05) is 20.3 Å². The van der Waals surface area contributed by atoms with Gasteiger partial charge in [-0.05, 0) is 31.6 Å². The Hall–Kier alpha value is -0.530. The van der Waals surface area contributed by atoms with Crippen molar-refractivity contribution in [1.29, 1.82) is 0 Å². The molecule has 0 saturated heterocycles. The SMILES string of the molecule is CCOC(=O)C1CCC[C@H]1C(C)C. The zero-order valence-electron chi connectivity index (χ0n) is 8.88. The highest BCUT2D eigenvalue weighted by molar-refractivity contribution is 5.73. The van der Waals surface area contributed by atoms with Crippen LogP contribution in [-0.4, -0.2) is 12.6 Å². The molecule has 0 bridgehead atoms. The number of esters is 1. The van der Waals surface area contributed by atoms with Crippen molar-refractivity contribution in [2.75, 3.05) is 6.61 Å². The van der Waals surface area contributed by atoms with Crippen molar-refractivity contribution in [2.24, 2.45) is 17.8 Å². The molecule has 76 valence electrons. The number of rotatable bonds is 3. The second-order valence-corrected chi connectivity index (χ2v) is 4.20. The normalized spacial score (nSPS) is 28.0. The molecular weight excluding hydrogens is 164 g/mol. The lowest BCUT2D eigenvalue weighted by Gasteiger charge is -2.21. The van der Waals surface area contributed by atoms with Crippen molar-refractivity contribution in [1.82, 2.24) is 0 Å². The van der Waals surface area contributed by atoms with Crippen molar-refractivity contribution >= 4 is 5.97 Å². The van der Waals surface area contributed by atoms with Crippen LogP contribution in [0.4, 0.5) is 0 Å². The van der Waals surface area contributed by atoms with Gasteiger partial charge in [0, 0.05) is 0 Å². The smallest absolute Gasteiger partial charge is 0.309 e. The second kappa shape index (κ2) is 4.64. The molecule has 2 atom stereocenters. The van der Waals surface area contributed by atoms with Crippen LogP contribution in [0.3, 0.4) is 0 Å². The summed E-state index contributed by atoms with van der Waals surface area (Å²) in [7, 11) is 0. The molecule has 1 aliphatic rings. The summed E-state index contributed by atoms with van der Waals surface area (Å²) in [5.74, 6) is 1.37. The average molecular weight is 184 g/mol. The third kappa shape index (κ3) is 2.45. The molecule has 13 heavy (non-hydrogen) atoms. The van der Waals surface area contributed by atoms with Crippen LogP contribution in [0.15, 0.2) is 0 Å². The van der Waals surface area contributed by atoms with E-state index in [0.29, 0.717) is 18.4 Å². The Morgan fingerprint density at radius 2 is 2.15 bits per heavy atom. The van der Waals surface area contributed by atoms with Gasteiger partial charge in [0.25, 0.3) is 0 Å². The topological polar surface area (TPSA) is 26.3 Å². The predicted molar refractivity (Wildman–Crippen MR) is 52.3 cm³/mol. The van der Waals surface area contributed by atoms with Gasteiger partial charge in [0.15, 0.2) is 0 Å². The number of hydrogen-bond acceptors (Lipinski definition) is 2. The molecule has 1 unspecified atom stereocenters. The van der Waals surface area contributed by atoms with Crippen molar-refractivity contribution in [3.05, 3.63) is 0 Å². The molecule has 2 nitrogen and oxygen atoms in total. The fourth-order valence-corrected chi connectivity index (χ4v) is 2.33. The highest BCUT2D eigenvalue weighted by atomic mass is 16.5. The first-order chi connectivity index (χ1) is 6.16. The van der Waals surface area contributed by atoms with Gasteiger partial charge in [-0.2, -0.15) is 0 Å². The van der Waals surface area contributed by atoms with Gasteiger partial charge >= 0.3 is 5.97 Å². The fraction of sp³-hybridized carbons (Fsp3) is 0.909. The lowest BCUT2D eigenvalue weighted by Crippen LogP contribution is -2.24. The minimum atomic E-state index is 0.0266. The summed E-state index contributed by atoms with van der Waals surface area (Å²) in [4.78, 5) is 11.5. The molecule has 0 aromatic heterocycles. The summed E-state index contributed by atoms with van der Waals surface area (Å²) < 4.78 is 5.07. The van der Waals surface area contributed by atoms with E-state index in [9.17, 15) is 4.79 Å². The minimum absolute atomic E-state index is 0.0266. The minimum Gasteiger partial charge on any atom is -0.466 e. The Morgan fingerprint density at radius 3 is 2.69 bits per heavy atom. The first-order valence-corrected chi connectivity index (χ1v) is 5.33. The van der Waals surface area contributed by atoms with Crippen LogP contribution in [0.5, 0.6) is 0 Å². The standard InChI is InChI=1S/C11H20O2/c1-4-13-11(12)10-7-5-6-9(10)8(2)3/h8-10H,4-7H2,1-3H3/t9-,10?/m0/s1. The summed E-state index contributed by atoms with van der Waals surface area (Å²) in [5, 5.41) is 0. The van der Waals surface area contributed by atoms with Crippen molar-refractivity contribution in [2.45, 2.75) is 40.0 Å². The van der Waals surface area contributed by atoms with E-state index < -0.39 is 0 Å². The lowest BCUT2D eigenvalue weighted by atomic mass is 9.86. The van der Waals surface area contributed by atoms with E-state index in [4.69, 9.17) is 4.74 Å². The van der Waals surface area contributed by atoms with Gasteiger partial charge in [-0.3, -0.25) is 4.79 Å². The van der Waals surface area contributed by atoms with Crippen molar-refractivity contribution in [3.63, 3.8) is 0 Å². The molecule has 1 aliphatic carbocycles. The van der Waals surface area contributed by atoms with Crippen LogP contribution in [0, 0.1) is 17.8 Å². The monoisotopic (exact) mass is 184 g/mol.